The third-order valence-corrected chi connectivity index (χ3v) is 4.31. The van der Waals surface area contributed by atoms with Gasteiger partial charge in [-0.2, -0.15) is 0 Å². The first-order chi connectivity index (χ1) is 9.43. The van der Waals surface area contributed by atoms with Gasteiger partial charge in [0.2, 0.25) is 0 Å². The molecule has 0 amide bonds. The molecule has 1 unspecified atom stereocenters. The van der Waals surface area contributed by atoms with Crippen LogP contribution in [0.2, 0.25) is 0 Å². The van der Waals surface area contributed by atoms with E-state index in [0.29, 0.717) is 5.41 Å². The minimum atomic E-state index is 0.281. The number of benzene rings is 1. The molecule has 0 saturated heterocycles. The van der Waals surface area contributed by atoms with Gasteiger partial charge in [-0.25, -0.2) is 0 Å². The van der Waals surface area contributed by atoms with Crippen LogP contribution in [0.25, 0.3) is 0 Å². The maximum atomic E-state index is 3.66. The Kier molecular flexibility index (Phi) is 6.75. The number of hydrogen-bond acceptors (Lipinski definition) is 1. The topological polar surface area (TPSA) is 12.0 Å². The molecule has 114 valence electrons. The van der Waals surface area contributed by atoms with Crippen LogP contribution in [0.1, 0.15) is 65.9 Å². The molecular formula is C19H33N. The summed E-state index contributed by atoms with van der Waals surface area (Å²) in [5.41, 5.74) is 2.18. The minimum Gasteiger partial charge on any atom is -0.316 e. The Bertz CT molecular complexity index is 363. The van der Waals surface area contributed by atoms with Crippen molar-refractivity contribution in [2.75, 3.05) is 13.1 Å². The van der Waals surface area contributed by atoms with E-state index in [9.17, 15) is 0 Å². The Labute approximate surface area is 126 Å². The molecule has 1 rings (SSSR count). The number of nitrogens with one attached hydrogen (secondary N) is 1. The van der Waals surface area contributed by atoms with E-state index in [-0.39, 0.29) is 5.41 Å². The Morgan fingerprint density at radius 1 is 0.950 bits per heavy atom. The molecule has 20 heavy (non-hydrogen) atoms. The summed E-state index contributed by atoms with van der Waals surface area (Å²) in [6.45, 7) is 13.8. The highest BCUT2D eigenvalue weighted by Gasteiger charge is 2.31. The fraction of sp³-hybridized carbons (Fsp3) is 0.684. The predicted octanol–water partition coefficient (Wildman–Crippen LogP) is 5.16. The Hall–Kier alpha value is -0.820. The van der Waals surface area contributed by atoms with Gasteiger partial charge in [0.15, 0.2) is 0 Å². The first-order valence-corrected chi connectivity index (χ1v) is 8.20. The molecule has 1 heteroatoms. The Morgan fingerprint density at radius 3 is 2.10 bits per heavy atom. The molecule has 0 bridgehead atoms. The van der Waals surface area contributed by atoms with Crippen molar-refractivity contribution in [2.24, 2.45) is 5.41 Å². The summed E-state index contributed by atoms with van der Waals surface area (Å²) in [7, 11) is 0. The van der Waals surface area contributed by atoms with Crippen molar-refractivity contribution in [3.8, 4) is 0 Å². The maximum absolute atomic E-state index is 3.66. The van der Waals surface area contributed by atoms with Gasteiger partial charge in [-0.05, 0) is 43.2 Å². The van der Waals surface area contributed by atoms with Crippen LogP contribution in [0.3, 0.4) is 0 Å². The molecule has 0 aliphatic rings. The summed E-state index contributed by atoms with van der Waals surface area (Å²) in [6, 6.07) is 11.1. The van der Waals surface area contributed by atoms with E-state index >= 15 is 0 Å². The molecule has 1 atom stereocenters. The van der Waals surface area contributed by atoms with Crippen LogP contribution in [-0.2, 0) is 5.41 Å². The van der Waals surface area contributed by atoms with E-state index in [1.54, 1.807) is 0 Å². The average Bonchev–Trinajstić information content (AvgIpc) is 2.43. The van der Waals surface area contributed by atoms with Gasteiger partial charge in [-0.1, -0.05) is 65.0 Å². The summed E-state index contributed by atoms with van der Waals surface area (Å²) in [5.74, 6) is 0. The molecule has 0 aromatic heterocycles. The van der Waals surface area contributed by atoms with E-state index in [1.807, 2.05) is 0 Å². The quantitative estimate of drug-likeness (QED) is 0.646. The van der Waals surface area contributed by atoms with Crippen LogP contribution in [-0.4, -0.2) is 13.1 Å². The van der Waals surface area contributed by atoms with Crippen LogP contribution in [0.15, 0.2) is 30.3 Å². The van der Waals surface area contributed by atoms with Gasteiger partial charge < -0.3 is 5.32 Å². The van der Waals surface area contributed by atoms with E-state index in [1.165, 1.54) is 31.2 Å². The van der Waals surface area contributed by atoms with Crippen molar-refractivity contribution in [2.45, 2.75) is 65.7 Å². The fourth-order valence-electron chi connectivity index (χ4n) is 2.75. The van der Waals surface area contributed by atoms with Crippen LogP contribution in [0.5, 0.6) is 0 Å². The molecule has 0 aliphatic heterocycles. The molecule has 0 aliphatic carbocycles. The lowest BCUT2D eigenvalue weighted by Gasteiger charge is -2.36. The lowest BCUT2D eigenvalue weighted by Crippen LogP contribution is -2.39. The monoisotopic (exact) mass is 275 g/mol. The van der Waals surface area contributed by atoms with Gasteiger partial charge >= 0.3 is 0 Å². The standard InChI is InChI=1S/C19H33N/c1-6-15-20-16-19(7-2,14-13-18(3,4)5)17-11-9-8-10-12-17/h8-12,20H,6-7,13-16H2,1-5H3. The van der Waals surface area contributed by atoms with Crippen LogP contribution in [0, 0.1) is 5.41 Å². The molecular weight excluding hydrogens is 242 g/mol. The van der Waals surface area contributed by atoms with Gasteiger partial charge in [0.1, 0.15) is 0 Å². The number of hydrogen-bond donors (Lipinski definition) is 1. The van der Waals surface area contributed by atoms with Crippen molar-refractivity contribution in [3.63, 3.8) is 0 Å². The molecule has 1 aromatic rings. The summed E-state index contributed by atoms with van der Waals surface area (Å²) in [5, 5.41) is 3.66. The van der Waals surface area contributed by atoms with Gasteiger partial charge in [0, 0.05) is 12.0 Å². The van der Waals surface area contributed by atoms with Crippen LogP contribution < -0.4 is 5.32 Å². The molecule has 0 spiro atoms. The second-order valence-electron chi connectivity index (χ2n) is 7.24. The van der Waals surface area contributed by atoms with Gasteiger partial charge in [0.25, 0.3) is 0 Å². The largest absolute Gasteiger partial charge is 0.316 e. The van der Waals surface area contributed by atoms with E-state index < -0.39 is 0 Å². The normalized spacial score (nSPS) is 15.1. The fourth-order valence-corrected chi connectivity index (χ4v) is 2.75. The highest BCUT2D eigenvalue weighted by Crippen LogP contribution is 2.36. The zero-order valence-corrected chi connectivity index (χ0v) is 14.1. The van der Waals surface area contributed by atoms with Crippen LogP contribution in [0.4, 0.5) is 0 Å². The van der Waals surface area contributed by atoms with Crippen molar-refractivity contribution < 1.29 is 0 Å². The molecule has 0 radical (unpaired) electrons. The summed E-state index contributed by atoms with van der Waals surface area (Å²) in [6.07, 6.45) is 4.93. The van der Waals surface area contributed by atoms with E-state index in [2.05, 4.69) is 70.3 Å². The molecule has 0 fully saturated rings. The lowest BCUT2D eigenvalue weighted by molar-refractivity contribution is 0.274. The van der Waals surface area contributed by atoms with Crippen molar-refractivity contribution >= 4 is 0 Å². The second-order valence-corrected chi connectivity index (χ2v) is 7.24. The highest BCUT2D eigenvalue weighted by atomic mass is 14.9. The van der Waals surface area contributed by atoms with Crippen molar-refractivity contribution in [3.05, 3.63) is 35.9 Å². The molecule has 1 N–H and O–H groups in total. The zero-order chi connectivity index (χ0) is 15.1. The summed E-state index contributed by atoms with van der Waals surface area (Å²) in [4.78, 5) is 0. The third kappa shape index (κ3) is 5.28. The van der Waals surface area contributed by atoms with Crippen molar-refractivity contribution in [1.82, 2.24) is 5.32 Å². The first-order valence-electron chi connectivity index (χ1n) is 8.20. The van der Waals surface area contributed by atoms with E-state index in [0.717, 1.165) is 13.1 Å². The smallest absolute Gasteiger partial charge is 0.00753 e. The van der Waals surface area contributed by atoms with Crippen LogP contribution >= 0.6 is 0 Å². The second kappa shape index (κ2) is 7.83. The Morgan fingerprint density at radius 2 is 1.60 bits per heavy atom. The predicted molar refractivity (Wildman–Crippen MR) is 90.3 cm³/mol. The SMILES string of the molecule is CCCNCC(CC)(CCC(C)(C)C)c1ccccc1. The van der Waals surface area contributed by atoms with E-state index in [4.69, 9.17) is 0 Å². The number of rotatable bonds is 8. The van der Waals surface area contributed by atoms with Gasteiger partial charge in [0.05, 0.1) is 0 Å². The summed E-state index contributed by atoms with van der Waals surface area (Å²) < 4.78 is 0. The van der Waals surface area contributed by atoms with Gasteiger partial charge in [-0.3, -0.25) is 0 Å². The highest BCUT2D eigenvalue weighted by molar-refractivity contribution is 5.26. The molecule has 0 heterocycles. The third-order valence-electron chi connectivity index (χ3n) is 4.31. The summed E-state index contributed by atoms with van der Waals surface area (Å²) >= 11 is 0. The average molecular weight is 275 g/mol. The Balaban J connectivity index is 2.90. The molecule has 1 nitrogen and oxygen atoms in total. The minimum absolute atomic E-state index is 0.281. The van der Waals surface area contributed by atoms with Crippen molar-refractivity contribution in [1.29, 1.82) is 0 Å². The molecule has 1 aromatic carbocycles. The first kappa shape index (κ1) is 17.2. The molecule has 0 saturated carbocycles. The lowest BCUT2D eigenvalue weighted by atomic mass is 9.71. The van der Waals surface area contributed by atoms with Gasteiger partial charge in [-0.15, -0.1) is 0 Å². The zero-order valence-electron chi connectivity index (χ0n) is 14.1. The maximum Gasteiger partial charge on any atom is 0.00753 e.